The Morgan fingerprint density at radius 1 is 0.651 bits per heavy atom. The Bertz CT molecular complexity index is 1390. The van der Waals surface area contributed by atoms with Gasteiger partial charge in [-0.25, -0.2) is 0 Å². The van der Waals surface area contributed by atoms with Crippen molar-refractivity contribution < 1.29 is 0 Å². The zero-order valence-electron chi connectivity index (χ0n) is 29.9. The lowest BCUT2D eigenvalue weighted by atomic mass is 9.78. The number of allylic oxidation sites excluding steroid dienone is 9. The van der Waals surface area contributed by atoms with Crippen molar-refractivity contribution in [2.75, 3.05) is 0 Å². The summed E-state index contributed by atoms with van der Waals surface area (Å²) in [4.78, 5) is 0. The quantitative estimate of drug-likeness (QED) is 0.192. The minimum absolute atomic E-state index is 0. The number of hydrogen-bond acceptors (Lipinski definition) is 0. The highest BCUT2D eigenvalue weighted by atomic mass is 14.3. The normalized spacial score (nSPS) is 12.2. The molecule has 3 rings (SSSR count). The van der Waals surface area contributed by atoms with E-state index in [1.807, 2.05) is 53.7 Å². The molecule has 0 saturated heterocycles. The summed E-state index contributed by atoms with van der Waals surface area (Å²) >= 11 is 0. The van der Waals surface area contributed by atoms with E-state index >= 15 is 0 Å². The molecule has 0 unspecified atom stereocenters. The van der Waals surface area contributed by atoms with Crippen molar-refractivity contribution in [1.82, 2.24) is 0 Å². The lowest BCUT2D eigenvalue weighted by molar-refractivity contribution is 0.507. The fourth-order valence-corrected chi connectivity index (χ4v) is 4.94. The molecule has 0 nitrogen and oxygen atoms in total. The van der Waals surface area contributed by atoms with Crippen molar-refractivity contribution in [3.63, 3.8) is 0 Å². The van der Waals surface area contributed by atoms with Gasteiger partial charge in [0.05, 0.1) is 0 Å². The summed E-state index contributed by atoms with van der Waals surface area (Å²) in [6.45, 7) is 36.1. The predicted molar refractivity (Wildman–Crippen MR) is 206 cm³/mol. The summed E-state index contributed by atoms with van der Waals surface area (Å²) < 4.78 is 0. The monoisotopic (exact) mass is 583 g/mol. The first-order chi connectivity index (χ1) is 20.0. The molecule has 0 spiro atoms. The van der Waals surface area contributed by atoms with Gasteiger partial charge in [-0.1, -0.05) is 164 Å². The van der Waals surface area contributed by atoms with Gasteiger partial charge >= 0.3 is 0 Å². The number of fused-ring (bicyclic) bond motifs is 2. The number of benzene rings is 3. The highest BCUT2D eigenvalue weighted by Gasteiger charge is 2.23. The van der Waals surface area contributed by atoms with E-state index < -0.39 is 0 Å². The van der Waals surface area contributed by atoms with E-state index in [0.29, 0.717) is 0 Å². The van der Waals surface area contributed by atoms with Crippen molar-refractivity contribution >= 4 is 32.7 Å². The second-order valence-electron chi connectivity index (χ2n) is 11.3. The number of rotatable bonds is 7. The molecule has 0 heterocycles. The Morgan fingerprint density at radius 2 is 1.07 bits per heavy atom. The molecular weight excluding hydrogens is 516 g/mol. The highest BCUT2D eigenvalue weighted by Crippen LogP contribution is 2.43. The molecule has 0 N–H and O–H groups in total. The van der Waals surface area contributed by atoms with Gasteiger partial charge in [0.15, 0.2) is 0 Å². The van der Waals surface area contributed by atoms with Crippen LogP contribution in [0, 0.1) is 0 Å². The van der Waals surface area contributed by atoms with Crippen LogP contribution in [0.5, 0.6) is 0 Å². The van der Waals surface area contributed by atoms with E-state index in [2.05, 4.69) is 136 Å². The molecular formula is C43H66. The Balaban J connectivity index is 0. The summed E-state index contributed by atoms with van der Waals surface area (Å²) in [5.41, 5.74) is 8.01. The molecule has 0 amide bonds. The second kappa shape index (κ2) is 20.0. The molecule has 0 aliphatic rings. The average molecular weight is 583 g/mol. The summed E-state index contributed by atoms with van der Waals surface area (Å²) in [5, 5.41) is 5.22. The lowest BCUT2D eigenvalue weighted by Crippen LogP contribution is -2.15. The van der Waals surface area contributed by atoms with Gasteiger partial charge in [0.25, 0.3) is 0 Å². The predicted octanol–water partition coefficient (Wildman–Crippen LogP) is 14.8. The summed E-state index contributed by atoms with van der Waals surface area (Å²) in [6.07, 6.45) is 16.1. The smallest absolute Gasteiger partial charge is 0.00296 e. The van der Waals surface area contributed by atoms with E-state index in [9.17, 15) is 0 Å². The molecule has 0 atom stereocenters. The molecule has 0 aromatic heterocycles. The van der Waals surface area contributed by atoms with Gasteiger partial charge in [0.1, 0.15) is 0 Å². The Labute approximate surface area is 268 Å². The van der Waals surface area contributed by atoms with Crippen LogP contribution in [0.3, 0.4) is 0 Å². The van der Waals surface area contributed by atoms with Gasteiger partial charge in [-0.15, -0.1) is 0 Å². The second-order valence-corrected chi connectivity index (χ2v) is 11.3. The van der Waals surface area contributed by atoms with Crippen LogP contribution in [0.15, 0.2) is 85.5 Å². The van der Waals surface area contributed by atoms with Crippen LogP contribution in [-0.4, -0.2) is 0 Å². The molecule has 0 aliphatic carbocycles. The van der Waals surface area contributed by atoms with Crippen LogP contribution in [0.2, 0.25) is 0 Å². The summed E-state index contributed by atoms with van der Waals surface area (Å²) in [6, 6.07) is 14.2. The van der Waals surface area contributed by atoms with Gasteiger partial charge in [-0.05, 0) is 105 Å². The molecule has 3 aromatic rings. The maximum atomic E-state index is 3.92. The van der Waals surface area contributed by atoms with Gasteiger partial charge in [-0.2, -0.15) is 0 Å². The molecule has 43 heavy (non-hydrogen) atoms. The first kappa shape index (κ1) is 42.0. The molecule has 3 aromatic carbocycles. The first-order valence-electron chi connectivity index (χ1n) is 16.3. The Hall–Kier alpha value is -3.12. The average Bonchev–Trinajstić information content (AvgIpc) is 3.01. The molecule has 0 aliphatic heterocycles. The third kappa shape index (κ3) is 9.96. The van der Waals surface area contributed by atoms with Gasteiger partial charge in [0.2, 0.25) is 0 Å². The molecule has 0 radical (unpaired) electrons. The molecule has 0 fully saturated rings. The van der Waals surface area contributed by atoms with Crippen LogP contribution in [-0.2, 0) is 10.8 Å². The minimum atomic E-state index is 0. The maximum absolute atomic E-state index is 3.92. The van der Waals surface area contributed by atoms with Crippen molar-refractivity contribution in [3.05, 3.63) is 108 Å². The fraction of sp³-hybridized carbons (Fsp3) is 0.442. The van der Waals surface area contributed by atoms with Gasteiger partial charge < -0.3 is 0 Å². The largest absolute Gasteiger partial charge is 0.0991 e. The maximum Gasteiger partial charge on any atom is -0.00296 e. The topological polar surface area (TPSA) is 0 Å². The standard InChI is InChI=1S/C36H44.3C2H6.CH4/c1-11-16-18-26(14-4)34-30-22-20-28(36(9,10)15-5)24-32(30)33(25(13-3)17-12-2)29-21-19-27(23-31(29)34)35(6,7)8;3*1-2;/h11-14,16-24H,1,15H2,2-10H3;3*1-2H3;1H4/b17-12-,18-16-,25-13+,26-14+;;;;. The molecule has 238 valence electrons. The SMILES string of the molecule is C.C=C/C=C\C(=C/C)c1c2ccc(C(C)(C)CC)cc2c(C(/C=C\C)=C/C)c2ccc(C(C)(C)C)cc12.CC.CC.CC. The van der Waals surface area contributed by atoms with Crippen LogP contribution in [0.1, 0.15) is 140 Å². The fourth-order valence-electron chi connectivity index (χ4n) is 4.94. The molecule has 0 bridgehead atoms. The Kier molecular flexibility index (Phi) is 19.5. The highest BCUT2D eigenvalue weighted by molar-refractivity contribution is 6.17. The zero-order valence-corrected chi connectivity index (χ0v) is 29.9. The van der Waals surface area contributed by atoms with Gasteiger partial charge in [0, 0.05) is 0 Å². The van der Waals surface area contributed by atoms with Crippen LogP contribution in [0.4, 0.5) is 0 Å². The van der Waals surface area contributed by atoms with Crippen molar-refractivity contribution in [3.8, 4) is 0 Å². The summed E-state index contributed by atoms with van der Waals surface area (Å²) in [7, 11) is 0. The van der Waals surface area contributed by atoms with Crippen molar-refractivity contribution in [2.24, 2.45) is 0 Å². The molecule has 0 heteroatoms. The lowest BCUT2D eigenvalue weighted by Gasteiger charge is -2.26. The van der Waals surface area contributed by atoms with Crippen LogP contribution in [0.25, 0.3) is 32.7 Å². The molecule has 0 saturated carbocycles. The van der Waals surface area contributed by atoms with E-state index in [1.165, 1.54) is 54.9 Å². The van der Waals surface area contributed by atoms with Crippen molar-refractivity contribution in [1.29, 1.82) is 0 Å². The van der Waals surface area contributed by atoms with E-state index in [0.717, 1.165) is 6.42 Å². The van der Waals surface area contributed by atoms with E-state index in [1.54, 1.807) is 0 Å². The van der Waals surface area contributed by atoms with E-state index in [4.69, 9.17) is 0 Å². The first-order valence-corrected chi connectivity index (χ1v) is 16.3. The van der Waals surface area contributed by atoms with Crippen LogP contribution < -0.4 is 0 Å². The van der Waals surface area contributed by atoms with Crippen molar-refractivity contribution in [2.45, 2.75) is 129 Å². The zero-order chi connectivity index (χ0) is 32.7. The minimum Gasteiger partial charge on any atom is -0.0991 e. The summed E-state index contributed by atoms with van der Waals surface area (Å²) in [5.74, 6) is 0. The van der Waals surface area contributed by atoms with Crippen LogP contribution >= 0.6 is 0 Å². The Morgan fingerprint density at radius 3 is 1.44 bits per heavy atom. The third-order valence-corrected chi connectivity index (χ3v) is 7.61. The third-order valence-electron chi connectivity index (χ3n) is 7.61. The van der Waals surface area contributed by atoms with E-state index in [-0.39, 0.29) is 18.3 Å². The number of hydrogen-bond donors (Lipinski definition) is 0. The van der Waals surface area contributed by atoms with Gasteiger partial charge in [-0.3, -0.25) is 0 Å².